The largest absolute Gasteiger partial charge is 0.489 e. The topological polar surface area (TPSA) is 92.4 Å². The van der Waals surface area contributed by atoms with Crippen molar-refractivity contribution in [2.24, 2.45) is 0 Å². The Morgan fingerprint density at radius 2 is 1.82 bits per heavy atom. The second-order valence-corrected chi connectivity index (χ2v) is 8.74. The molecule has 172 valence electrons. The van der Waals surface area contributed by atoms with Gasteiger partial charge in [0, 0.05) is 11.5 Å². The third-order valence-corrected chi connectivity index (χ3v) is 6.39. The number of nitrogens with zero attached hydrogens (tertiary/aromatic N) is 4. The first-order valence-electron chi connectivity index (χ1n) is 11.6. The van der Waals surface area contributed by atoms with Crippen LogP contribution in [0, 0.1) is 20.8 Å². The van der Waals surface area contributed by atoms with Gasteiger partial charge >= 0.3 is 0 Å². The van der Waals surface area contributed by atoms with Crippen LogP contribution < -0.4 is 4.74 Å². The summed E-state index contributed by atoms with van der Waals surface area (Å²) < 4.78 is 6.11. The lowest BCUT2D eigenvalue weighted by molar-refractivity contribution is 0.305. The molecule has 0 amide bonds. The van der Waals surface area contributed by atoms with E-state index < -0.39 is 0 Å². The van der Waals surface area contributed by atoms with Gasteiger partial charge in [0.2, 0.25) is 5.82 Å². The molecule has 2 heterocycles. The lowest BCUT2D eigenvalue weighted by Gasteiger charge is -2.14. The van der Waals surface area contributed by atoms with Crippen LogP contribution in [-0.4, -0.2) is 30.6 Å². The van der Waals surface area contributed by atoms with Crippen molar-refractivity contribution in [3.05, 3.63) is 88.2 Å². The van der Waals surface area contributed by atoms with Gasteiger partial charge in [-0.3, -0.25) is 0 Å². The Morgan fingerprint density at radius 3 is 2.56 bits per heavy atom. The number of nitrogens with one attached hydrogen (secondary N) is 2. The molecular formula is C27H28N6O. The molecule has 1 unspecified atom stereocenters. The lowest BCUT2D eigenvalue weighted by atomic mass is 9.96. The second-order valence-electron chi connectivity index (χ2n) is 8.74. The summed E-state index contributed by atoms with van der Waals surface area (Å²) >= 11 is 0. The quantitative estimate of drug-likeness (QED) is 0.326. The Kier molecular flexibility index (Phi) is 5.84. The summed E-state index contributed by atoms with van der Waals surface area (Å²) in [6, 6.07) is 18.7. The van der Waals surface area contributed by atoms with E-state index in [1.807, 2.05) is 24.3 Å². The molecule has 0 spiro atoms. The van der Waals surface area contributed by atoms with E-state index in [0.29, 0.717) is 12.4 Å². The van der Waals surface area contributed by atoms with Crippen LogP contribution in [-0.2, 0) is 6.61 Å². The number of fused-ring (bicyclic) bond motifs is 1. The van der Waals surface area contributed by atoms with Crippen molar-refractivity contribution in [3.63, 3.8) is 0 Å². The summed E-state index contributed by atoms with van der Waals surface area (Å²) in [5, 5.41) is 14.4. The zero-order chi connectivity index (χ0) is 23.7. The fourth-order valence-corrected chi connectivity index (χ4v) is 4.56. The van der Waals surface area contributed by atoms with Crippen LogP contribution >= 0.6 is 0 Å². The van der Waals surface area contributed by atoms with E-state index in [2.05, 4.69) is 83.6 Å². The third-order valence-electron chi connectivity index (χ3n) is 6.39. The summed E-state index contributed by atoms with van der Waals surface area (Å²) in [6.07, 6.45) is 0.958. The standard InChI is InChI=1S/C27H28N6O/c1-5-22(26-28-24-14-16(2)13-17(3)25(24)29-26)19-9-11-21(12-10-19)34-15-20-7-6-8-23(18(20)4)27-30-32-33-31-27/h6-14,22H,5,15H2,1-4H3,(H,28,29)(H,30,31,32,33). The molecular weight excluding hydrogens is 424 g/mol. The molecule has 7 nitrogen and oxygen atoms in total. The number of ether oxygens (including phenoxy) is 1. The fourth-order valence-electron chi connectivity index (χ4n) is 4.56. The monoisotopic (exact) mass is 452 g/mol. The van der Waals surface area contributed by atoms with Crippen LogP contribution in [0.2, 0.25) is 0 Å². The van der Waals surface area contributed by atoms with Crippen molar-refractivity contribution >= 4 is 11.0 Å². The molecule has 5 aromatic rings. The van der Waals surface area contributed by atoms with Crippen LogP contribution in [0.4, 0.5) is 0 Å². The minimum atomic E-state index is 0.204. The zero-order valence-electron chi connectivity index (χ0n) is 19.9. The van der Waals surface area contributed by atoms with Crippen LogP contribution in [0.5, 0.6) is 5.75 Å². The molecule has 0 aliphatic heterocycles. The first kappa shape index (κ1) is 21.8. The van der Waals surface area contributed by atoms with E-state index in [1.165, 1.54) is 16.7 Å². The minimum Gasteiger partial charge on any atom is -0.489 e. The SMILES string of the molecule is CCC(c1ccc(OCc2cccc(-c3nn[nH]n3)c2C)cc1)c1nc2c(C)cc(C)cc2[nH]1. The van der Waals surface area contributed by atoms with E-state index in [1.54, 1.807) is 0 Å². The number of rotatable bonds is 7. The average molecular weight is 453 g/mol. The summed E-state index contributed by atoms with van der Waals surface area (Å²) in [7, 11) is 0. The maximum atomic E-state index is 6.11. The molecule has 0 fully saturated rings. The number of imidazole rings is 1. The van der Waals surface area contributed by atoms with E-state index in [0.717, 1.165) is 45.7 Å². The molecule has 1 atom stereocenters. The number of aryl methyl sites for hydroxylation is 2. The van der Waals surface area contributed by atoms with Crippen molar-refractivity contribution in [2.75, 3.05) is 0 Å². The second kappa shape index (κ2) is 9.09. The van der Waals surface area contributed by atoms with Gasteiger partial charge in [-0.2, -0.15) is 5.21 Å². The van der Waals surface area contributed by atoms with Crippen molar-refractivity contribution < 1.29 is 4.74 Å². The van der Waals surface area contributed by atoms with E-state index in [9.17, 15) is 0 Å². The first-order chi connectivity index (χ1) is 16.5. The van der Waals surface area contributed by atoms with E-state index in [-0.39, 0.29) is 5.92 Å². The smallest absolute Gasteiger partial charge is 0.204 e. The highest BCUT2D eigenvalue weighted by Gasteiger charge is 2.18. The maximum absolute atomic E-state index is 6.11. The summed E-state index contributed by atoms with van der Waals surface area (Å²) in [6.45, 7) is 8.95. The van der Waals surface area contributed by atoms with Crippen molar-refractivity contribution in [1.82, 2.24) is 30.6 Å². The van der Waals surface area contributed by atoms with Gasteiger partial charge in [0.1, 0.15) is 18.2 Å². The number of benzene rings is 3. The third kappa shape index (κ3) is 4.17. The highest BCUT2D eigenvalue weighted by molar-refractivity contribution is 5.79. The predicted octanol–water partition coefficient (Wildman–Crippen LogP) is 5.79. The molecule has 0 bridgehead atoms. The molecule has 0 radical (unpaired) electrons. The molecule has 2 N–H and O–H groups in total. The van der Waals surface area contributed by atoms with Crippen molar-refractivity contribution in [3.8, 4) is 17.1 Å². The number of hydrogen-bond donors (Lipinski definition) is 2. The fraction of sp³-hybridized carbons (Fsp3) is 0.259. The molecule has 5 rings (SSSR count). The number of aromatic amines is 2. The Hall–Kier alpha value is -4.00. The van der Waals surface area contributed by atoms with Gasteiger partial charge < -0.3 is 9.72 Å². The van der Waals surface area contributed by atoms with Gasteiger partial charge in [-0.1, -0.05) is 43.3 Å². The zero-order valence-corrected chi connectivity index (χ0v) is 19.9. The van der Waals surface area contributed by atoms with Crippen LogP contribution in [0.25, 0.3) is 22.4 Å². The maximum Gasteiger partial charge on any atom is 0.204 e. The Balaban J connectivity index is 1.33. The van der Waals surface area contributed by atoms with E-state index in [4.69, 9.17) is 9.72 Å². The predicted molar refractivity (Wildman–Crippen MR) is 133 cm³/mol. The normalized spacial score (nSPS) is 12.2. The molecule has 0 aliphatic rings. The molecule has 0 saturated carbocycles. The van der Waals surface area contributed by atoms with Gasteiger partial charge in [-0.05, 0) is 78.4 Å². The number of aromatic nitrogens is 6. The van der Waals surface area contributed by atoms with Gasteiger partial charge in [-0.25, -0.2) is 4.98 Å². The number of H-pyrrole nitrogens is 2. The Morgan fingerprint density at radius 1 is 1.00 bits per heavy atom. The first-order valence-corrected chi connectivity index (χ1v) is 11.6. The average Bonchev–Trinajstić information content (AvgIpc) is 3.50. The molecule has 0 saturated heterocycles. The van der Waals surface area contributed by atoms with Crippen LogP contribution in [0.1, 0.15) is 52.9 Å². The highest BCUT2D eigenvalue weighted by Crippen LogP contribution is 2.30. The molecule has 34 heavy (non-hydrogen) atoms. The minimum absolute atomic E-state index is 0.204. The Bertz CT molecular complexity index is 1420. The van der Waals surface area contributed by atoms with Gasteiger partial charge in [0.05, 0.1) is 11.0 Å². The van der Waals surface area contributed by atoms with Crippen LogP contribution in [0.3, 0.4) is 0 Å². The van der Waals surface area contributed by atoms with Crippen LogP contribution in [0.15, 0.2) is 54.6 Å². The highest BCUT2D eigenvalue weighted by atomic mass is 16.5. The lowest BCUT2D eigenvalue weighted by Crippen LogP contribution is -2.03. The molecule has 2 aromatic heterocycles. The van der Waals surface area contributed by atoms with Gasteiger partial charge in [0.25, 0.3) is 0 Å². The molecule has 0 aliphatic carbocycles. The number of tetrazole rings is 1. The molecule has 3 aromatic carbocycles. The Labute approximate surface area is 198 Å². The summed E-state index contributed by atoms with van der Waals surface area (Å²) in [4.78, 5) is 8.49. The van der Waals surface area contributed by atoms with Crippen molar-refractivity contribution in [2.45, 2.75) is 46.6 Å². The van der Waals surface area contributed by atoms with Gasteiger partial charge in [-0.15, -0.1) is 10.2 Å². The molecule has 7 heteroatoms. The van der Waals surface area contributed by atoms with E-state index >= 15 is 0 Å². The number of hydrogen-bond acceptors (Lipinski definition) is 5. The summed E-state index contributed by atoms with van der Waals surface area (Å²) in [5.41, 5.74) is 8.95. The van der Waals surface area contributed by atoms with Gasteiger partial charge in [0.15, 0.2) is 0 Å². The van der Waals surface area contributed by atoms with Crippen molar-refractivity contribution in [1.29, 1.82) is 0 Å². The summed E-state index contributed by atoms with van der Waals surface area (Å²) in [5.74, 6) is 2.63.